The van der Waals surface area contributed by atoms with Gasteiger partial charge in [0.25, 0.3) is 0 Å². The van der Waals surface area contributed by atoms with E-state index >= 15 is 0 Å². The van der Waals surface area contributed by atoms with E-state index in [1.807, 2.05) is 24.3 Å². The zero-order valence-electron chi connectivity index (χ0n) is 11.5. The number of rotatable bonds is 2. The van der Waals surface area contributed by atoms with Gasteiger partial charge in [-0.2, -0.15) is 0 Å². The van der Waals surface area contributed by atoms with Crippen molar-refractivity contribution in [1.82, 2.24) is 19.9 Å². The number of hydrogen-bond acceptors (Lipinski definition) is 4. The number of imidazole rings is 1. The smallest absolute Gasteiger partial charge is 0.164 e. The molecule has 2 N–H and O–H groups in total. The Bertz CT molecular complexity index is 790. The lowest BCUT2D eigenvalue weighted by Gasteiger charge is -2.13. The Morgan fingerprint density at radius 1 is 1.24 bits per heavy atom. The summed E-state index contributed by atoms with van der Waals surface area (Å²) in [5, 5.41) is 13.2. The zero-order valence-corrected chi connectivity index (χ0v) is 11.5. The van der Waals surface area contributed by atoms with Crippen LogP contribution < -0.4 is 5.32 Å². The largest absolute Gasteiger partial charge is 0.508 e. The molecular weight excluding hydrogens is 264 g/mol. The second-order valence-electron chi connectivity index (χ2n) is 5.36. The molecule has 21 heavy (non-hydrogen) atoms. The summed E-state index contributed by atoms with van der Waals surface area (Å²) in [7, 11) is 0. The average molecular weight is 280 g/mol. The third kappa shape index (κ3) is 2.06. The number of aromatic nitrogens is 3. The average Bonchev–Trinajstić information content (AvgIpc) is 3.14. The van der Waals surface area contributed by atoms with E-state index in [9.17, 15) is 5.11 Å². The molecule has 5 heteroatoms. The van der Waals surface area contributed by atoms with Gasteiger partial charge in [-0.05, 0) is 37.2 Å². The van der Waals surface area contributed by atoms with Gasteiger partial charge in [0.1, 0.15) is 17.1 Å². The standard InChI is InChI=1S/C16H16N4O/c21-13-4-1-3-12(9-13)20-15(11-6-8-17-10-11)19-14-5-2-7-18-16(14)20/h1-5,7,9,11,17,21H,6,8,10H2. The van der Waals surface area contributed by atoms with Crippen LogP contribution in [0.3, 0.4) is 0 Å². The lowest BCUT2D eigenvalue weighted by Crippen LogP contribution is -2.12. The van der Waals surface area contributed by atoms with Crippen LogP contribution in [0.4, 0.5) is 0 Å². The van der Waals surface area contributed by atoms with E-state index in [1.54, 1.807) is 18.3 Å². The van der Waals surface area contributed by atoms with E-state index in [2.05, 4.69) is 14.9 Å². The van der Waals surface area contributed by atoms with E-state index < -0.39 is 0 Å². The number of phenolic OH excluding ortho intramolecular Hbond substituents is 1. The highest BCUT2D eigenvalue weighted by molar-refractivity contribution is 5.74. The van der Waals surface area contributed by atoms with Gasteiger partial charge in [0, 0.05) is 24.7 Å². The molecule has 1 aliphatic rings. The van der Waals surface area contributed by atoms with E-state index in [0.717, 1.165) is 42.2 Å². The van der Waals surface area contributed by atoms with Crippen LogP contribution in [0.25, 0.3) is 16.9 Å². The van der Waals surface area contributed by atoms with Gasteiger partial charge in [-0.15, -0.1) is 0 Å². The summed E-state index contributed by atoms with van der Waals surface area (Å²) >= 11 is 0. The van der Waals surface area contributed by atoms with Crippen molar-refractivity contribution < 1.29 is 5.11 Å². The van der Waals surface area contributed by atoms with Crippen molar-refractivity contribution in [3.63, 3.8) is 0 Å². The molecule has 0 spiro atoms. The molecule has 0 saturated carbocycles. The Labute approximate surface area is 122 Å². The van der Waals surface area contributed by atoms with Crippen LogP contribution in [0.1, 0.15) is 18.2 Å². The molecule has 1 aliphatic heterocycles. The summed E-state index contributed by atoms with van der Waals surface area (Å²) in [6.07, 6.45) is 2.85. The number of benzene rings is 1. The summed E-state index contributed by atoms with van der Waals surface area (Å²) in [4.78, 5) is 9.26. The van der Waals surface area contributed by atoms with Crippen LogP contribution >= 0.6 is 0 Å². The minimum absolute atomic E-state index is 0.251. The quantitative estimate of drug-likeness (QED) is 0.755. The van der Waals surface area contributed by atoms with Gasteiger partial charge in [-0.1, -0.05) is 6.07 Å². The number of nitrogens with zero attached hydrogens (tertiary/aromatic N) is 3. The molecule has 0 bridgehead atoms. The van der Waals surface area contributed by atoms with Crippen LogP contribution in [0.15, 0.2) is 42.6 Å². The van der Waals surface area contributed by atoms with Crippen LogP contribution in [0.5, 0.6) is 5.75 Å². The van der Waals surface area contributed by atoms with E-state index in [4.69, 9.17) is 4.98 Å². The van der Waals surface area contributed by atoms with Gasteiger partial charge < -0.3 is 10.4 Å². The van der Waals surface area contributed by atoms with Crippen molar-refractivity contribution in [3.05, 3.63) is 48.4 Å². The highest BCUT2D eigenvalue weighted by atomic mass is 16.3. The van der Waals surface area contributed by atoms with Crippen LogP contribution in [-0.4, -0.2) is 32.7 Å². The maximum Gasteiger partial charge on any atom is 0.164 e. The van der Waals surface area contributed by atoms with Gasteiger partial charge in [0.15, 0.2) is 5.65 Å². The first kappa shape index (κ1) is 12.3. The fourth-order valence-electron chi connectivity index (χ4n) is 2.97. The van der Waals surface area contributed by atoms with Crippen LogP contribution in [0.2, 0.25) is 0 Å². The number of nitrogens with one attached hydrogen (secondary N) is 1. The van der Waals surface area contributed by atoms with Crippen molar-refractivity contribution in [3.8, 4) is 11.4 Å². The summed E-state index contributed by atoms with van der Waals surface area (Å²) in [5.74, 6) is 1.64. The molecule has 1 fully saturated rings. The molecular formula is C16H16N4O. The Hall–Kier alpha value is -2.40. The molecule has 1 saturated heterocycles. The molecule has 0 radical (unpaired) electrons. The lowest BCUT2D eigenvalue weighted by molar-refractivity contribution is 0.475. The molecule has 1 atom stereocenters. The number of pyridine rings is 1. The SMILES string of the molecule is Oc1cccc(-n2c(C3CCNC3)nc3cccnc32)c1. The molecule has 2 aromatic heterocycles. The monoisotopic (exact) mass is 280 g/mol. The fourth-order valence-corrected chi connectivity index (χ4v) is 2.97. The van der Waals surface area contributed by atoms with Crippen LogP contribution in [-0.2, 0) is 0 Å². The molecule has 1 aromatic carbocycles. The molecule has 4 rings (SSSR count). The van der Waals surface area contributed by atoms with Crippen LogP contribution in [0, 0.1) is 0 Å². The van der Waals surface area contributed by atoms with Crippen molar-refractivity contribution in [2.45, 2.75) is 12.3 Å². The number of hydrogen-bond donors (Lipinski definition) is 2. The highest BCUT2D eigenvalue weighted by Gasteiger charge is 2.24. The van der Waals surface area contributed by atoms with Gasteiger partial charge in [0.05, 0.1) is 5.69 Å². The Kier molecular flexibility index (Phi) is 2.86. The first-order valence-corrected chi connectivity index (χ1v) is 7.16. The van der Waals surface area contributed by atoms with Crippen molar-refractivity contribution in [2.75, 3.05) is 13.1 Å². The second kappa shape index (κ2) is 4.86. The first-order valence-electron chi connectivity index (χ1n) is 7.16. The van der Waals surface area contributed by atoms with Gasteiger partial charge >= 0.3 is 0 Å². The number of aromatic hydroxyl groups is 1. The first-order chi connectivity index (χ1) is 10.3. The third-order valence-corrected chi connectivity index (χ3v) is 3.96. The Balaban J connectivity index is 1.98. The fraction of sp³-hybridized carbons (Fsp3) is 0.250. The van der Waals surface area contributed by atoms with E-state index in [1.165, 1.54) is 0 Å². The topological polar surface area (TPSA) is 63.0 Å². The van der Waals surface area contributed by atoms with Gasteiger partial charge in [-0.25, -0.2) is 9.97 Å². The van der Waals surface area contributed by atoms with Crippen molar-refractivity contribution in [1.29, 1.82) is 0 Å². The Morgan fingerprint density at radius 2 is 2.19 bits per heavy atom. The molecule has 0 amide bonds. The maximum atomic E-state index is 9.77. The summed E-state index contributed by atoms with van der Waals surface area (Å²) in [6.45, 7) is 1.95. The molecule has 3 heterocycles. The predicted octanol–water partition coefficient (Wildman–Crippen LogP) is 2.20. The maximum absolute atomic E-state index is 9.77. The molecule has 106 valence electrons. The van der Waals surface area contributed by atoms with Gasteiger partial charge in [0.2, 0.25) is 0 Å². The minimum Gasteiger partial charge on any atom is -0.508 e. The van der Waals surface area contributed by atoms with Crippen molar-refractivity contribution >= 4 is 11.2 Å². The summed E-state index contributed by atoms with van der Waals surface area (Å²) < 4.78 is 2.06. The van der Waals surface area contributed by atoms with E-state index in [0.29, 0.717) is 5.92 Å². The normalized spacial score (nSPS) is 18.4. The number of phenols is 1. The minimum atomic E-state index is 0.251. The molecule has 5 nitrogen and oxygen atoms in total. The summed E-state index contributed by atoms with van der Waals surface area (Å²) in [6, 6.07) is 11.1. The van der Waals surface area contributed by atoms with Crippen molar-refractivity contribution in [2.24, 2.45) is 0 Å². The van der Waals surface area contributed by atoms with Gasteiger partial charge in [-0.3, -0.25) is 4.57 Å². The predicted molar refractivity (Wildman–Crippen MR) is 80.8 cm³/mol. The number of fused-ring (bicyclic) bond motifs is 1. The zero-order chi connectivity index (χ0) is 14.2. The third-order valence-electron chi connectivity index (χ3n) is 3.96. The lowest BCUT2D eigenvalue weighted by atomic mass is 10.1. The molecule has 0 aliphatic carbocycles. The molecule has 1 unspecified atom stereocenters. The second-order valence-corrected chi connectivity index (χ2v) is 5.36. The highest BCUT2D eigenvalue weighted by Crippen LogP contribution is 2.29. The Morgan fingerprint density at radius 3 is 3.00 bits per heavy atom. The summed E-state index contributed by atoms with van der Waals surface area (Å²) in [5.41, 5.74) is 2.63. The molecule has 3 aromatic rings. The van der Waals surface area contributed by atoms with E-state index in [-0.39, 0.29) is 5.75 Å².